The molecule has 0 aliphatic carbocycles. The van der Waals surface area contributed by atoms with E-state index in [1.165, 1.54) is 6.07 Å². The molecule has 2 nitrogen and oxygen atoms in total. The molecule has 1 N–H and O–H groups in total. The van der Waals surface area contributed by atoms with Gasteiger partial charge in [-0.3, -0.25) is 0 Å². The summed E-state index contributed by atoms with van der Waals surface area (Å²) in [5.41, 5.74) is 1.20. The van der Waals surface area contributed by atoms with Gasteiger partial charge < -0.3 is 5.11 Å². The van der Waals surface area contributed by atoms with Gasteiger partial charge in [0.1, 0.15) is 0 Å². The second-order valence-electron chi connectivity index (χ2n) is 2.36. The van der Waals surface area contributed by atoms with Gasteiger partial charge in [-0.25, -0.2) is 4.79 Å². The summed E-state index contributed by atoms with van der Waals surface area (Å²) in [7, 11) is 0. The Hall–Kier alpha value is -0.960. The number of carboxylic acid groups (broad SMARTS) is 1. The van der Waals surface area contributed by atoms with E-state index in [1.807, 2.05) is 13.0 Å². The van der Waals surface area contributed by atoms with E-state index in [0.717, 1.165) is 5.56 Å². The molecule has 1 rings (SSSR count). The van der Waals surface area contributed by atoms with Crippen molar-refractivity contribution in [3.63, 3.8) is 0 Å². The van der Waals surface area contributed by atoms with Crippen molar-refractivity contribution >= 4 is 18.6 Å². The minimum absolute atomic E-state index is 0.287. The normalized spacial score (nSPS) is 9.64. The number of thiol groups is 1. The Kier molecular flexibility index (Phi) is 2.19. The first-order valence-corrected chi connectivity index (χ1v) is 3.58. The monoisotopic (exact) mass is 168 g/mol. The van der Waals surface area contributed by atoms with E-state index in [-0.39, 0.29) is 5.56 Å². The number of hydrogen-bond donors (Lipinski definition) is 2. The summed E-state index contributed by atoms with van der Waals surface area (Å²) in [5, 5.41) is 8.60. The van der Waals surface area contributed by atoms with Gasteiger partial charge in [0.15, 0.2) is 0 Å². The lowest BCUT2D eigenvalue weighted by atomic mass is 10.1. The van der Waals surface area contributed by atoms with Crippen LogP contribution >= 0.6 is 12.6 Å². The quantitative estimate of drug-likeness (QED) is 0.629. The molecule has 0 radical (unpaired) electrons. The summed E-state index contributed by atoms with van der Waals surface area (Å²) in [4.78, 5) is 11.2. The molecule has 0 aliphatic heterocycles. The Morgan fingerprint density at radius 3 is 2.55 bits per heavy atom. The van der Waals surface area contributed by atoms with Crippen molar-refractivity contribution in [1.82, 2.24) is 0 Å². The zero-order valence-corrected chi connectivity index (χ0v) is 6.93. The summed E-state index contributed by atoms with van der Waals surface area (Å²) in [6.07, 6.45) is 0. The predicted octanol–water partition coefficient (Wildman–Crippen LogP) is 1.98. The van der Waals surface area contributed by atoms with Gasteiger partial charge in [0.25, 0.3) is 0 Å². The SMILES string of the molecule is Cc1cc(S)cc(C(=O)O)c1. The molecule has 0 unspecified atom stereocenters. The van der Waals surface area contributed by atoms with E-state index in [4.69, 9.17) is 5.11 Å². The number of benzene rings is 1. The molecule has 11 heavy (non-hydrogen) atoms. The molecule has 1 aromatic rings. The van der Waals surface area contributed by atoms with Crippen LogP contribution < -0.4 is 0 Å². The fourth-order valence-corrected chi connectivity index (χ4v) is 1.23. The predicted molar refractivity (Wildman–Crippen MR) is 45.4 cm³/mol. The van der Waals surface area contributed by atoms with Gasteiger partial charge in [0.05, 0.1) is 5.56 Å². The van der Waals surface area contributed by atoms with Crippen LogP contribution in [0, 0.1) is 6.92 Å². The van der Waals surface area contributed by atoms with Crippen LogP contribution in [-0.2, 0) is 0 Å². The van der Waals surface area contributed by atoms with Crippen LogP contribution in [0.15, 0.2) is 23.1 Å². The lowest BCUT2D eigenvalue weighted by Crippen LogP contribution is -1.96. The van der Waals surface area contributed by atoms with Crippen molar-refractivity contribution in [2.45, 2.75) is 11.8 Å². The van der Waals surface area contributed by atoms with Gasteiger partial charge in [-0.05, 0) is 30.7 Å². The summed E-state index contributed by atoms with van der Waals surface area (Å²) < 4.78 is 0. The first kappa shape index (κ1) is 8.14. The molecule has 0 saturated carbocycles. The molecule has 3 heteroatoms. The maximum atomic E-state index is 10.5. The second-order valence-corrected chi connectivity index (χ2v) is 2.88. The molecule has 0 atom stereocenters. The third-order valence-electron chi connectivity index (χ3n) is 1.31. The standard InChI is InChI=1S/C8H8O2S/c1-5-2-6(8(9)10)4-7(11)3-5/h2-4,11H,1H3,(H,9,10). The third kappa shape index (κ3) is 1.98. The van der Waals surface area contributed by atoms with Crippen LogP contribution in [0.4, 0.5) is 0 Å². The van der Waals surface area contributed by atoms with E-state index in [2.05, 4.69) is 12.6 Å². The fourth-order valence-electron chi connectivity index (χ4n) is 0.886. The Morgan fingerprint density at radius 2 is 2.09 bits per heavy atom. The highest BCUT2D eigenvalue weighted by Gasteiger charge is 2.02. The van der Waals surface area contributed by atoms with Crippen LogP contribution in [0.3, 0.4) is 0 Å². The molecule has 0 fully saturated rings. The minimum atomic E-state index is -0.913. The number of hydrogen-bond acceptors (Lipinski definition) is 2. The van der Waals surface area contributed by atoms with Crippen molar-refractivity contribution in [2.75, 3.05) is 0 Å². The minimum Gasteiger partial charge on any atom is -0.478 e. The number of aromatic carboxylic acids is 1. The van der Waals surface area contributed by atoms with Crippen LogP contribution in [0.2, 0.25) is 0 Å². The topological polar surface area (TPSA) is 37.3 Å². The summed E-state index contributed by atoms with van der Waals surface area (Å²) in [5.74, 6) is -0.913. The van der Waals surface area contributed by atoms with Gasteiger partial charge in [-0.1, -0.05) is 0 Å². The number of carboxylic acids is 1. The smallest absolute Gasteiger partial charge is 0.335 e. The van der Waals surface area contributed by atoms with Crippen molar-refractivity contribution in [3.05, 3.63) is 29.3 Å². The zero-order valence-electron chi connectivity index (χ0n) is 6.03. The van der Waals surface area contributed by atoms with Gasteiger partial charge >= 0.3 is 5.97 Å². The first-order chi connectivity index (χ1) is 5.09. The van der Waals surface area contributed by atoms with Gasteiger partial charge in [-0.15, -0.1) is 12.6 Å². The number of carbonyl (C=O) groups is 1. The van der Waals surface area contributed by atoms with E-state index < -0.39 is 5.97 Å². The van der Waals surface area contributed by atoms with Crippen LogP contribution in [0.5, 0.6) is 0 Å². The van der Waals surface area contributed by atoms with Gasteiger partial charge in [0.2, 0.25) is 0 Å². The summed E-state index contributed by atoms with van der Waals surface area (Å²) in [6.45, 7) is 1.84. The lowest BCUT2D eigenvalue weighted by molar-refractivity contribution is 0.0696. The molecule has 0 aliphatic rings. The Morgan fingerprint density at radius 1 is 1.45 bits per heavy atom. The summed E-state index contributed by atoms with van der Waals surface area (Å²) in [6, 6.07) is 4.95. The molecule has 58 valence electrons. The number of rotatable bonds is 1. The maximum Gasteiger partial charge on any atom is 0.335 e. The lowest BCUT2D eigenvalue weighted by Gasteiger charge is -1.97. The Balaban J connectivity index is 3.19. The highest BCUT2D eigenvalue weighted by atomic mass is 32.1. The van der Waals surface area contributed by atoms with Gasteiger partial charge in [0, 0.05) is 4.90 Å². The third-order valence-corrected chi connectivity index (χ3v) is 1.57. The average molecular weight is 168 g/mol. The van der Waals surface area contributed by atoms with E-state index in [1.54, 1.807) is 6.07 Å². The molecule has 0 saturated heterocycles. The second kappa shape index (κ2) is 2.96. The van der Waals surface area contributed by atoms with E-state index in [0.29, 0.717) is 4.90 Å². The van der Waals surface area contributed by atoms with Gasteiger partial charge in [-0.2, -0.15) is 0 Å². The van der Waals surface area contributed by atoms with E-state index in [9.17, 15) is 4.79 Å². The van der Waals surface area contributed by atoms with E-state index >= 15 is 0 Å². The largest absolute Gasteiger partial charge is 0.478 e. The molecule has 0 aromatic heterocycles. The van der Waals surface area contributed by atoms with Crippen molar-refractivity contribution in [2.24, 2.45) is 0 Å². The fraction of sp³-hybridized carbons (Fsp3) is 0.125. The highest BCUT2D eigenvalue weighted by molar-refractivity contribution is 7.80. The molecular weight excluding hydrogens is 160 g/mol. The maximum absolute atomic E-state index is 10.5. The highest BCUT2D eigenvalue weighted by Crippen LogP contribution is 2.12. The molecule has 0 spiro atoms. The zero-order chi connectivity index (χ0) is 8.43. The van der Waals surface area contributed by atoms with Crippen LogP contribution in [0.1, 0.15) is 15.9 Å². The number of aryl methyl sites for hydroxylation is 1. The average Bonchev–Trinajstić information content (AvgIpc) is 1.85. The Labute approximate surface area is 70.3 Å². The molecule has 1 aromatic carbocycles. The molecule has 0 bridgehead atoms. The molecule has 0 heterocycles. The van der Waals surface area contributed by atoms with Crippen LogP contribution in [0.25, 0.3) is 0 Å². The Bertz CT molecular complexity index is 274. The molecular formula is C8H8O2S. The van der Waals surface area contributed by atoms with Crippen molar-refractivity contribution < 1.29 is 9.90 Å². The van der Waals surface area contributed by atoms with Crippen molar-refractivity contribution in [3.8, 4) is 0 Å². The van der Waals surface area contributed by atoms with Crippen LogP contribution in [-0.4, -0.2) is 11.1 Å². The first-order valence-electron chi connectivity index (χ1n) is 3.13. The van der Waals surface area contributed by atoms with Crippen molar-refractivity contribution in [1.29, 1.82) is 0 Å². The summed E-state index contributed by atoms with van der Waals surface area (Å²) >= 11 is 4.06. The molecule has 0 amide bonds.